The number of thioether (sulfide) groups is 1. The number of piperidine rings is 1. The fourth-order valence-electron chi connectivity index (χ4n) is 2.10. The van der Waals surface area contributed by atoms with Gasteiger partial charge in [-0.15, -0.1) is 0 Å². The molecule has 0 aromatic heterocycles. The van der Waals surface area contributed by atoms with Gasteiger partial charge in [0.05, 0.1) is 0 Å². The van der Waals surface area contributed by atoms with Crippen LogP contribution < -0.4 is 10.6 Å². The highest BCUT2D eigenvalue weighted by atomic mass is 32.2. The number of nitrogens with one attached hydrogen (secondary N) is 2. The highest BCUT2D eigenvalue weighted by molar-refractivity contribution is 7.99. The Hall–Kier alpha value is -0.260. The zero-order valence-electron chi connectivity index (χ0n) is 11.1. The Morgan fingerprint density at radius 2 is 2.28 bits per heavy atom. The van der Waals surface area contributed by atoms with Crippen molar-refractivity contribution in [1.82, 2.24) is 10.6 Å². The van der Waals surface area contributed by atoms with Crippen molar-refractivity contribution in [3.8, 4) is 0 Å². The summed E-state index contributed by atoms with van der Waals surface area (Å²) in [5, 5.41) is 15.0. The summed E-state index contributed by atoms with van der Waals surface area (Å²) in [6.45, 7) is 2.11. The molecule has 18 heavy (non-hydrogen) atoms. The molecule has 1 amide bonds. The molecule has 1 aliphatic rings. The minimum Gasteiger partial charge on any atom is -0.396 e. The van der Waals surface area contributed by atoms with Gasteiger partial charge in [0.1, 0.15) is 0 Å². The third kappa shape index (κ3) is 7.95. The van der Waals surface area contributed by atoms with Crippen molar-refractivity contribution in [1.29, 1.82) is 0 Å². The lowest BCUT2D eigenvalue weighted by atomic mass is 10.0. The molecular weight excluding hydrogens is 248 g/mol. The normalized spacial score (nSPS) is 19.7. The number of hydrogen-bond donors (Lipinski definition) is 3. The molecule has 4 nitrogen and oxygen atoms in total. The lowest BCUT2D eigenvalue weighted by molar-refractivity contribution is -0.121. The summed E-state index contributed by atoms with van der Waals surface area (Å²) in [7, 11) is 0. The van der Waals surface area contributed by atoms with Crippen LogP contribution in [0.2, 0.25) is 0 Å². The zero-order chi connectivity index (χ0) is 13.1. The van der Waals surface area contributed by atoms with Crippen molar-refractivity contribution < 1.29 is 9.90 Å². The Kier molecular flexibility index (Phi) is 9.34. The molecule has 0 aliphatic carbocycles. The van der Waals surface area contributed by atoms with E-state index < -0.39 is 0 Å². The topological polar surface area (TPSA) is 61.4 Å². The van der Waals surface area contributed by atoms with Gasteiger partial charge in [-0.2, -0.15) is 11.8 Å². The smallest absolute Gasteiger partial charge is 0.220 e. The lowest BCUT2D eigenvalue weighted by Crippen LogP contribution is -2.35. The van der Waals surface area contributed by atoms with Crippen molar-refractivity contribution in [2.24, 2.45) is 0 Å². The van der Waals surface area contributed by atoms with Crippen molar-refractivity contribution in [3.63, 3.8) is 0 Å². The van der Waals surface area contributed by atoms with Crippen molar-refractivity contribution in [2.75, 3.05) is 31.2 Å². The van der Waals surface area contributed by atoms with Gasteiger partial charge in [-0.05, 0) is 38.0 Å². The second-order valence-electron chi connectivity index (χ2n) is 4.72. The number of aliphatic hydroxyl groups is 1. The minimum absolute atomic E-state index is 0.171. The van der Waals surface area contributed by atoms with Gasteiger partial charge in [-0.3, -0.25) is 4.79 Å². The molecule has 1 fully saturated rings. The molecular formula is C13H26N2O2S. The molecule has 0 spiro atoms. The Morgan fingerprint density at radius 1 is 1.39 bits per heavy atom. The van der Waals surface area contributed by atoms with Gasteiger partial charge in [0.25, 0.3) is 0 Å². The first kappa shape index (κ1) is 15.8. The summed E-state index contributed by atoms with van der Waals surface area (Å²) in [6, 6.07) is 0.545. The van der Waals surface area contributed by atoms with Gasteiger partial charge in [0.2, 0.25) is 5.91 Å². The number of aliphatic hydroxyl groups excluding tert-OH is 1. The van der Waals surface area contributed by atoms with Gasteiger partial charge in [0.15, 0.2) is 0 Å². The molecule has 1 atom stereocenters. The largest absolute Gasteiger partial charge is 0.396 e. The van der Waals surface area contributed by atoms with Crippen molar-refractivity contribution in [2.45, 2.75) is 44.6 Å². The first-order valence-corrected chi connectivity index (χ1v) is 8.17. The van der Waals surface area contributed by atoms with Crippen LogP contribution in [-0.4, -0.2) is 48.3 Å². The summed E-state index contributed by atoms with van der Waals surface area (Å²) in [6.07, 6.45) is 6.22. The molecule has 1 aliphatic heterocycles. The maximum absolute atomic E-state index is 11.6. The standard InChI is InChI=1S/C13H26N2O2S/c16-9-3-10-18-11-8-15-13(17)6-5-12-4-1-2-7-14-12/h12,14,16H,1-11H2,(H,15,17). The Bertz CT molecular complexity index is 221. The summed E-state index contributed by atoms with van der Waals surface area (Å²) in [5.74, 6) is 2.08. The van der Waals surface area contributed by atoms with E-state index in [1.54, 1.807) is 11.8 Å². The average Bonchev–Trinajstić information content (AvgIpc) is 2.41. The number of carbonyl (C=O) groups excluding carboxylic acids is 1. The number of rotatable bonds is 9. The van der Waals surface area contributed by atoms with E-state index in [0.717, 1.165) is 37.4 Å². The molecule has 106 valence electrons. The van der Waals surface area contributed by atoms with Gasteiger partial charge in [-0.25, -0.2) is 0 Å². The van der Waals surface area contributed by atoms with Crippen molar-refractivity contribution in [3.05, 3.63) is 0 Å². The number of carbonyl (C=O) groups is 1. The van der Waals surface area contributed by atoms with Crippen LogP contribution in [0.4, 0.5) is 0 Å². The SMILES string of the molecule is O=C(CCC1CCCCN1)NCCSCCCO. The molecule has 5 heteroatoms. The molecule has 1 heterocycles. The Labute approximate surface area is 114 Å². The molecule has 0 radical (unpaired) electrons. The first-order valence-electron chi connectivity index (χ1n) is 7.01. The molecule has 0 saturated carbocycles. The zero-order valence-corrected chi connectivity index (χ0v) is 11.9. The quantitative estimate of drug-likeness (QED) is 0.552. The van der Waals surface area contributed by atoms with E-state index >= 15 is 0 Å². The number of hydrogen-bond acceptors (Lipinski definition) is 4. The van der Waals surface area contributed by atoms with E-state index in [1.165, 1.54) is 19.3 Å². The van der Waals surface area contributed by atoms with Gasteiger partial charge >= 0.3 is 0 Å². The van der Waals surface area contributed by atoms with Crippen LogP contribution in [-0.2, 0) is 4.79 Å². The fraction of sp³-hybridized carbons (Fsp3) is 0.923. The molecule has 1 saturated heterocycles. The highest BCUT2D eigenvalue weighted by Crippen LogP contribution is 2.11. The summed E-state index contributed by atoms with van der Waals surface area (Å²) >= 11 is 1.78. The van der Waals surface area contributed by atoms with Crippen LogP contribution in [0.25, 0.3) is 0 Å². The number of amides is 1. The van der Waals surface area contributed by atoms with E-state index in [2.05, 4.69) is 10.6 Å². The van der Waals surface area contributed by atoms with E-state index in [-0.39, 0.29) is 12.5 Å². The fourth-order valence-corrected chi connectivity index (χ4v) is 2.88. The molecule has 1 rings (SSSR count). The summed E-state index contributed by atoms with van der Waals surface area (Å²) in [4.78, 5) is 11.6. The van der Waals surface area contributed by atoms with Crippen LogP contribution in [0.1, 0.15) is 38.5 Å². The van der Waals surface area contributed by atoms with Gasteiger partial charge < -0.3 is 15.7 Å². The van der Waals surface area contributed by atoms with Crippen LogP contribution >= 0.6 is 11.8 Å². The van der Waals surface area contributed by atoms with Crippen LogP contribution in [0, 0.1) is 0 Å². The summed E-state index contributed by atoms with van der Waals surface area (Å²) in [5.41, 5.74) is 0. The van der Waals surface area contributed by atoms with Crippen LogP contribution in [0.15, 0.2) is 0 Å². The van der Waals surface area contributed by atoms with Crippen LogP contribution in [0.5, 0.6) is 0 Å². The van der Waals surface area contributed by atoms with E-state index in [0.29, 0.717) is 12.5 Å². The predicted molar refractivity (Wildman–Crippen MR) is 76.9 cm³/mol. The molecule has 3 N–H and O–H groups in total. The Morgan fingerprint density at radius 3 is 3.00 bits per heavy atom. The maximum atomic E-state index is 11.6. The first-order chi connectivity index (χ1) is 8.83. The molecule has 1 unspecified atom stereocenters. The van der Waals surface area contributed by atoms with Gasteiger partial charge in [0, 0.05) is 31.4 Å². The van der Waals surface area contributed by atoms with Gasteiger partial charge in [-0.1, -0.05) is 6.42 Å². The molecule has 0 aromatic carbocycles. The van der Waals surface area contributed by atoms with E-state index in [9.17, 15) is 4.79 Å². The Balaban J connectivity index is 1.90. The third-order valence-corrected chi connectivity index (χ3v) is 4.22. The molecule has 0 aromatic rings. The van der Waals surface area contributed by atoms with Crippen LogP contribution in [0.3, 0.4) is 0 Å². The van der Waals surface area contributed by atoms with E-state index in [1.807, 2.05) is 0 Å². The predicted octanol–water partition coefficient (Wildman–Crippen LogP) is 1.14. The summed E-state index contributed by atoms with van der Waals surface area (Å²) < 4.78 is 0. The second kappa shape index (κ2) is 10.6. The van der Waals surface area contributed by atoms with Crippen molar-refractivity contribution >= 4 is 17.7 Å². The maximum Gasteiger partial charge on any atom is 0.220 e. The monoisotopic (exact) mass is 274 g/mol. The molecule has 0 bridgehead atoms. The third-order valence-electron chi connectivity index (χ3n) is 3.15. The highest BCUT2D eigenvalue weighted by Gasteiger charge is 2.13. The second-order valence-corrected chi connectivity index (χ2v) is 5.95. The average molecular weight is 274 g/mol. The minimum atomic E-state index is 0.171. The lowest BCUT2D eigenvalue weighted by Gasteiger charge is -2.23. The van der Waals surface area contributed by atoms with E-state index in [4.69, 9.17) is 5.11 Å².